The van der Waals surface area contributed by atoms with Gasteiger partial charge in [-0.3, -0.25) is 4.40 Å². The summed E-state index contributed by atoms with van der Waals surface area (Å²) in [5.74, 6) is -1.13. The van der Waals surface area contributed by atoms with Crippen molar-refractivity contribution in [3.05, 3.63) is 34.7 Å². The maximum Gasteiger partial charge on any atom is 0.137 e. The van der Waals surface area contributed by atoms with Gasteiger partial charge in [-0.25, -0.2) is 4.98 Å². The lowest BCUT2D eigenvalue weighted by atomic mass is 10.2. The Kier molecular flexibility index (Phi) is 3.54. The van der Waals surface area contributed by atoms with E-state index >= 15 is 0 Å². The molecule has 1 N–H and O–H groups in total. The minimum atomic E-state index is -1.13. The molecular weight excluding hydrogens is 254 g/mol. The summed E-state index contributed by atoms with van der Waals surface area (Å²) in [5, 5.41) is 11.3. The van der Waals surface area contributed by atoms with Crippen LogP contribution in [0.2, 0.25) is 5.02 Å². The van der Waals surface area contributed by atoms with Gasteiger partial charge in [0.25, 0.3) is 0 Å². The number of carbonyl (C=O) groups excluding carboxylic acids is 1. The summed E-state index contributed by atoms with van der Waals surface area (Å²) < 4.78 is 1.84. The van der Waals surface area contributed by atoms with Gasteiger partial charge in [0.1, 0.15) is 17.9 Å². The molecule has 2 aromatic rings. The second-order valence-electron chi connectivity index (χ2n) is 4.51. The fourth-order valence-electron chi connectivity index (χ4n) is 1.92. The number of carbonyl (C=O) groups is 1. The highest BCUT2D eigenvalue weighted by atomic mass is 35.5. The molecule has 0 amide bonds. The Balaban J connectivity index is 2.57. The number of fused-ring (bicyclic) bond motifs is 1. The van der Waals surface area contributed by atoms with Crippen LogP contribution in [0.25, 0.3) is 5.65 Å². The molecular formula is C12H14ClN3O2. The summed E-state index contributed by atoms with van der Waals surface area (Å²) in [6.07, 6.45) is 1.57. The average Bonchev–Trinajstić information content (AvgIpc) is 2.55. The van der Waals surface area contributed by atoms with Crippen molar-refractivity contribution in [2.75, 3.05) is 14.1 Å². The van der Waals surface area contributed by atoms with E-state index in [2.05, 4.69) is 4.98 Å². The van der Waals surface area contributed by atoms with Gasteiger partial charge in [-0.2, -0.15) is 0 Å². The van der Waals surface area contributed by atoms with E-state index in [9.17, 15) is 9.90 Å². The number of quaternary nitrogens is 1. The Bertz CT molecular complexity index is 592. The topological polar surface area (TPSA) is 61.9 Å². The molecule has 5 nitrogen and oxygen atoms in total. The van der Waals surface area contributed by atoms with Crippen molar-refractivity contribution in [3.63, 3.8) is 0 Å². The molecule has 0 aliphatic carbocycles. The molecule has 0 saturated heterocycles. The number of halogens is 1. The predicted octanol–water partition coefficient (Wildman–Crippen LogP) is -1.08. The molecule has 0 radical (unpaired) electrons. The van der Waals surface area contributed by atoms with E-state index in [1.165, 1.54) is 4.90 Å². The molecule has 2 aromatic heterocycles. The van der Waals surface area contributed by atoms with Crippen molar-refractivity contribution in [3.8, 4) is 0 Å². The molecule has 0 fully saturated rings. The number of rotatable bonds is 4. The molecule has 0 unspecified atom stereocenters. The van der Waals surface area contributed by atoms with Crippen molar-refractivity contribution in [2.45, 2.75) is 13.0 Å². The molecule has 0 bridgehead atoms. The van der Waals surface area contributed by atoms with Crippen molar-refractivity contribution in [1.82, 2.24) is 9.38 Å². The first-order valence-electron chi connectivity index (χ1n) is 5.61. The Morgan fingerprint density at radius 1 is 1.50 bits per heavy atom. The van der Waals surface area contributed by atoms with Gasteiger partial charge in [0.05, 0.1) is 24.8 Å². The lowest BCUT2D eigenvalue weighted by molar-refractivity contribution is -0.873. The molecule has 18 heavy (non-hydrogen) atoms. The Morgan fingerprint density at radius 2 is 2.22 bits per heavy atom. The van der Waals surface area contributed by atoms with Gasteiger partial charge >= 0.3 is 0 Å². The molecule has 0 aliphatic rings. The third-order valence-electron chi connectivity index (χ3n) is 2.60. The molecule has 0 aromatic carbocycles. The van der Waals surface area contributed by atoms with Crippen LogP contribution < -0.4 is 10.0 Å². The Morgan fingerprint density at radius 3 is 2.83 bits per heavy atom. The zero-order valence-electron chi connectivity index (χ0n) is 10.2. The van der Waals surface area contributed by atoms with Crippen LogP contribution >= 0.6 is 11.6 Å². The number of hydrogen-bond acceptors (Lipinski definition) is 3. The highest BCUT2D eigenvalue weighted by Gasteiger charge is 2.15. The maximum atomic E-state index is 10.8. The van der Waals surface area contributed by atoms with Gasteiger partial charge in [0.2, 0.25) is 0 Å². The second kappa shape index (κ2) is 4.96. The van der Waals surface area contributed by atoms with Crippen LogP contribution in [0, 0.1) is 0 Å². The summed E-state index contributed by atoms with van der Waals surface area (Å²) in [7, 11) is 3.99. The highest BCUT2D eigenvalue weighted by Crippen LogP contribution is 2.16. The molecule has 2 rings (SSSR count). The van der Waals surface area contributed by atoms with Crippen LogP contribution in [-0.4, -0.2) is 29.4 Å². The minimum Gasteiger partial charge on any atom is -0.550 e. The number of nitrogens with zero attached hydrogens (tertiary/aromatic N) is 2. The predicted molar refractivity (Wildman–Crippen MR) is 65.4 cm³/mol. The van der Waals surface area contributed by atoms with E-state index in [-0.39, 0.29) is 6.42 Å². The van der Waals surface area contributed by atoms with Crippen LogP contribution in [-0.2, 0) is 17.8 Å². The molecule has 0 atom stereocenters. The maximum absolute atomic E-state index is 10.8. The van der Waals surface area contributed by atoms with Gasteiger partial charge in [-0.15, -0.1) is 0 Å². The third-order valence-corrected chi connectivity index (χ3v) is 2.82. The minimum absolute atomic E-state index is 0.179. The van der Waals surface area contributed by atoms with Gasteiger partial charge in [-0.1, -0.05) is 11.6 Å². The van der Waals surface area contributed by atoms with E-state index in [1.807, 2.05) is 18.5 Å². The molecule has 0 spiro atoms. The molecule has 6 heteroatoms. The van der Waals surface area contributed by atoms with E-state index in [4.69, 9.17) is 11.6 Å². The van der Waals surface area contributed by atoms with Gasteiger partial charge in [0.15, 0.2) is 0 Å². The monoisotopic (exact) mass is 267 g/mol. The standard InChI is InChI=1S/C12H14ClN3O2/c1-15(2)7-10-9(5-12(17)18)14-11-4-3-8(13)6-16(10)11/h3-4,6H,5,7H2,1-2H3,(H,17,18). The quantitative estimate of drug-likeness (QED) is 0.767. The van der Waals surface area contributed by atoms with Gasteiger partial charge in [0, 0.05) is 18.6 Å². The first kappa shape index (κ1) is 12.9. The van der Waals surface area contributed by atoms with Crippen LogP contribution in [0.15, 0.2) is 18.3 Å². The summed E-state index contributed by atoms with van der Waals surface area (Å²) in [4.78, 5) is 16.3. The first-order valence-corrected chi connectivity index (χ1v) is 5.99. The molecule has 0 saturated carbocycles. The Hall–Kier alpha value is -1.59. The van der Waals surface area contributed by atoms with Crippen molar-refractivity contribution in [2.24, 2.45) is 0 Å². The van der Waals surface area contributed by atoms with Crippen molar-refractivity contribution < 1.29 is 14.8 Å². The fraction of sp³-hybridized carbons (Fsp3) is 0.333. The summed E-state index contributed by atoms with van der Waals surface area (Å²) in [6, 6.07) is 3.51. The van der Waals surface area contributed by atoms with E-state index in [0.717, 1.165) is 5.69 Å². The molecule has 2 heterocycles. The van der Waals surface area contributed by atoms with Crippen LogP contribution in [0.3, 0.4) is 0 Å². The lowest BCUT2D eigenvalue weighted by Gasteiger charge is -2.09. The van der Waals surface area contributed by atoms with Crippen molar-refractivity contribution in [1.29, 1.82) is 0 Å². The number of pyridine rings is 1. The normalized spacial score (nSPS) is 11.3. The van der Waals surface area contributed by atoms with Gasteiger partial charge < -0.3 is 14.8 Å². The zero-order valence-corrected chi connectivity index (χ0v) is 11.0. The van der Waals surface area contributed by atoms with E-state index < -0.39 is 5.97 Å². The first-order chi connectivity index (χ1) is 8.47. The summed E-state index contributed by atoms with van der Waals surface area (Å²) in [6.45, 7) is 0.671. The zero-order chi connectivity index (χ0) is 13.3. The number of aromatic nitrogens is 2. The molecule has 96 valence electrons. The van der Waals surface area contributed by atoms with Crippen LogP contribution in [0.1, 0.15) is 11.4 Å². The van der Waals surface area contributed by atoms with Gasteiger partial charge in [-0.05, 0) is 12.1 Å². The lowest BCUT2D eigenvalue weighted by Crippen LogP contribution is -3.04. The molecule has 0 aliphatic heterocycles. The van der Waals surface area contributed by atoms with Crippen molar-refractivity contribution >= 4 is 23.2 Å². The number of nitrogens with one attached hydrogen (secondary N) is 1. The SMILES string of the molecule is C[NH+](C)Cc1c(CC(=O)[O-])nc2ccc(Cl)cn12. The smallest absolute Gasteiger partial charge is 0.137 e. The van der Waals surface area contributed by atoms with E-state index in [0.29, 0.717) is 22.9 Å². The Labute approximate surface area is 110 Å². The van der Waals surface area contributed by atoms with Crippen LogP contribution in [0.4, 0.5) is 0 Å². The fourth-order valence-corrected chi connectivity index (χ4v) is 2.08. The number of carboxylic acid groups (broad SMARTS) is 1. The third kappa shape index (κ3) is 2.63. The summed E-state index contributed by atoms with van der Waals surface area (Å²) >= 11 is 5.96. The number of hydrogen-bond donors (Lipinski definition) is 1. The summed E-state index contributed by atoms with van der Waals surface area (Å²) in [5.41, 5.74) is 2.10. The number of carboxylic acids is 1. The number of imidazole rings is 1. The second-order valence-corrected chi connectivity index (χ2v) is 4.95. The average molecular weight is 268 g/mol. The van der Waals surface area contributed by atoms with Crippen LogP contribution in [0.5, 0.6) is 0 Å². The number of aliphatic carboxylic acids is 1. The largest absolute Gasteiger partial charge is 0.550 e. The van der Waals surface area contributed by atoms with E-state index in [1.54, 1.807) is 18.3 Å². The highest BCUT2D eigenvalue weighted by molar-refractivity contribution is 6.30.